The molecule has 0 bridgehead atoms. The highest BCUT2D eigenvalue weighted by atomic mass is 16.6. The lowest BCUT2D eigenvalue weighted by Crippen LogP contribution is -2.23. The molecule has 2 unspecified atom stereocenters. The average Bonchev–Trinajstić information content (AvgIpc) is 2.46. The van der Waals surface area contributed by atoms with Gasteiger partial charge in [-0.3, -0.25) is 0 Å². The van der Waals surface area contributed by atoms with Crippen LogP contribution in [0.5, 0.6) is 0 Å². The Morgan fingerprint density at radius 1 is 0.810 bits per heavy atom. The quantitative estimate of drug-likeness (QED) is 0.331. The van der Waals surface area contributed by atoms with Crippen LogP contribution in [0.2, 0.25) is 0 Å². The molecule has 0 rings (SSSR count). The van der Waals surface area contributed by atoms with Crippen LogP contribution in [0.25, 0.3) is 0 Å². The van der Waals surface area contributed by atoms with Gasteiger partial charge in [0.1, 0.15) is 0 Å². The SMILES string of the molecule is CCCCOCCOC(O)CC(O)CCOCCOCC. The summed E-state index contributed by atoms with van der Waals surface area (Å²) in [4.78, 5) is 0. The van der Waals surface area contributed by atoms with E-state index in [0.717, 1.165) is 19.4 Å². The van der Waals surface area contributed by atoms with Crippen LogP contribution in [0.3, 0.4) is 0 Å². The molecular formula is C15H32O6. The van der Waals surface area contributed by atoms with E-state index in [1.54, 1.807) is 0 Å². The minimum absolute atomic E-state index is 0.184. The molecule has 2 atom stereocenters. The molecule has 0 aromatic rings. The molecule has 0 fully saturated rings. The third kappa shape index (κ3) is 16.0. The molecule has 0 aliphatic carbocycles. The third-order valence-corrected chi connectivity index (χ3v) is 2.83. The Bertz CT molecular complexity index is 183. The van der Waals surface area contributed by atoms with Crippen LogP contribution < -0.4 is 0 Å². The van der Waals surface area contributed by atoms with Gasteiger partial charge in [-0.25, -0.2) is 0 Å². The molecule has 0 aliphatic heterocycles. The summed E-state index contributed by atoms with van der Waals surface area (Å²) in [5, 5.41) is 19.3. The first kappa shape index (κ1) is 20.8. The summed E-state index contributed by atoms with van der Waals surface area (Å²) >= 11 is 0. The van der Waals surface area contributed by atoms with Crippen molar-refractivity contribution in [1.82, 2.24) is 0 Å². The predicted octanol–water partition coefficient (Wildman–Crippen LogP) is 1.33. The van der Waals surface area contributed by atoms with Gasteiger partial charge in [0.05, 0.1) is 32.5 Å². The second kappa shape index (κ2) is 16.1. The van der Waals surface area contributed by atoms with Gasteiger partial charge < -0.3 is 29.2 Å². The first-order valence-corrected chi connectivity index (χ1v) is 7.91. The minimum atomic E-state index is -0.960. The van der Waals surface area contributed by atoms with Gasteiger partial charge in [0.25, 0.3) is 0 Å². The van der Waals surface area contributed by atoms with Crippen molar-refractivity contribution < 1.29 is 29.2 Å². The van der Waals surface area contributed by atoms with E-state index in [-0.39, 0.29) is 6.42 Å². The number of rotatable bonds is 16. The number of aliphatic hydroxyl groups excluding tert-OH is 2. The van der Waals surface area contributed by atoms with E-state index in [2.05, 4.69) is 6.92 Å². The Balaban J connectivity index is 3.33. The van der Waals surface area contributed by atoms with Crippen molar-refractivity contribution in [3.63, 3.8) is 0 Å². The molecule has 0 saturated heterocycles. The van der Waals surface area contributed by atoms with Gasteiger partial charge in [0, 0.05) is 26.2 Å². The lowest BCUT2D eigenvalue weighted by molar-refractivity contribution is -0.131. The smallest absolute Gasteiger partial charge is 0.157 e. The van der Waals surface area contributed by atoms with Crippen LogP contribution in [0.1, 0.15) is 39.5 Å². The third-order valence-electron chi connectivity index (χ3n) is 2.83. The number of ether oxygens (including phenoxy) is 4. The van der Waals surface area contributed by atoms with Crippen molar-refractivity contribution in [1.29, 1.82) is 0 Å². The molecule has 6 heteroatoms. The summed E-state index contributed by atoms with van der Waals surface area (Å²) < 4.78 is 20.9. The number of hydrogen-bond donors (Lipinski definition) is 2. The Morgan fingerprint density at radius 2 is 1.48 bits per heavy atom. The maximum atomic E-state index is 9.71. The molecule has 6 nitrogen and oxygen atoms in total. The van der Waals surface area contributed by atoms with Crippen molar-refractivity contribution in [2.75, 3.05) is 46.2 Å². The Morgan fingerprint density at radius 3 is 2.19 bits per heavy atom. The van der Waals surface area contributed by atoms with Crippen LogP contribution in [-0.2, 0) is 18.9 Å². The zero-order valence-corrected chi connectivity index (χ0v) is 13.5. The van der Waals surface area contributed by atoms with E-state index in [1.807, 2.05) is 6.92 Å². The van der Waals surface area contributed by atoms with Gasteiger partial charge in [0.2, 0.25) is 0 Å². The van der Waals surface area contributed by atoms with Crippen LogP contribution in [-0.4, -0.2) is 68.9 Å². The molecule has 0 heterocycles. The summed E-state index contributed by atoms with van der Waals surface area (Å²) in [6.07, 6.45) is 1.20. The van der Waals surface area contributed by atoms with Crippen molar-refractivity contribution >= 4 is 0 Å². The lowest BCUT2D eigenvalue weighted by atomic mass is 10.2. The Labute approximate surface area is 128 Å². The highest BCUT2D eigenvalue weighted by Gasteiger charge is 2.12. The van der Waals surface area contributed by atoms with E-state index in [0.29, 0.717) is 46.1 Å². The summed E-state index contributed by atoms with van der Waals surface area (Å²) in [5.41, 5.74) is 0. The van der Waals surface area contributed by atoms with Gasteiger partial charge in [-0.2, -0.15) is 0 Å². The molecule has 0 saturated carbocycles. The average molecular weight is 308 g/mol. The normalized spacial score (nSPS) is 14.3. The Kier molecular flexibility index (Phi) is 16.0. The first-order valence-electron chi connectivity index (χ1n) is 7.91. The topological polar surface area (TPSA) is 77.4 Å². The monoisotopic (exact) mass is 308 g/mol. The molecule has 0 radical (unpaired) electrons. The fourth-order valence-corrected chi connectivity index (χ4v) is 1.59. The van der Waals surface area contributed by atoms with Gasteiger partial charge in [-0.15, -0.1) is 0 Å². The number of unbranched alkanes of at least 4 members (excludes halogenated alkanes) is 1. The van der Waals surface area contributed by atoms with Crippen LogP contribution in [0, 0.1) is 0 Å². The minimum Gasteiger partial charge on any atom is -0.393 e. The second-order valence-electron chi connectivity index (χ2n) is 4.78. The van der Waals surface area contributed by atoms with Crippen molar-refractivity contribution in [3.05, 3.63) is 0 Å². The van der Waals surface area contributed by atoms with Gasteiger partial charge in [-0.05, 0) is 19.8 Å². The van der Waals surface area contributed by atoms with Crippen LogP contribution in [0.4, 0.5) is 0 Å². The molecule has 2 N–H and O–H groups in total. The summed E-state index contributed by atoms with van der Waals surface area (Å²) in [6, 6.07) is 0. The summed E-state index contributed by atoms with van der Waals surface area (Å²) in [7, 11) is 0. The molecule has 0 aromatic carbocycles. The maximum Gasteiger partial charge on any atom is 0.157 e. The predicted molar refractivity (Wildman–Crippen MR) is 80.2 cm³/mol. The maximum absolute atomic E-state index is 9.71. The van der Waals surface area contributed by atoms with Gasteiger partial charge in [0.15, 0.2) is 6.29 Å². The van der Waals surface area contributed by atoms with Crippen molar-refractivity contribution in [2.24, 2.45) is 0 Å². The largest absolute Gasteiger partial charge is 0.393 e. The van der Waals surface area contributed by atoms with E-state index in [1.165, 1.54) is 0 Å². The fraction of sp³-hybridized carbons (Fsp3) is 1.00. The zero-order valence-electron chi connectivity index (χ0n) is 13.5. The molecule has 0 aromatic heterocycles. The highest BCUT2D eigenvalue weighted by molar-refractivity contribution is 4.57. The molecule has 0 amide bonds. The summed E-state index contributed by atoms with van der Waals surface area (Å²) in [5.74, 6) is 0. The highest BCUT2D eigenvalue weighted by Crippen LogP contribution is 2.04. The lowest BCUT2D eigenvalue weighted by Gasteiger charge is -2.16. The van der Waals surface area contributed by atoms with Crippen molar-refractivity contribution in [3.8, 4) is 0 Å². The fourth-order valence-electron chi connectivity index (χ4n) is 1.59. The standard InChI is InChI=1S/C15H32O6/c1-3-5-7-19-11-12-21-15(17)13-14(16)6-8-20-10-9-18-4-2/h14-17H,3-13H2,1-2H3. The first-order chi connectivity index (χ1) is 10.2. The molecule has 128 valence electrons. The summed E-state index contributed by atoms with van der Waals surface area (Å²) in [6.45, 7) is 7.77. The number of aliphatic hydroxyl groups is 2. The van der Waals surface area contributed by atoms with Crippen LogP contribution in [0.15, 0.2) is 0 Å². The Hall–Kier alpha value is -0.240. The van der Waals surface area contributed by atoms with E-state index in [9.17, 15) is 10.2 Å². The molecule has 0 aliphatic rings. The van der Waals surface area contributed by atoms with Crippen LogP contribution >= 0.6 is 0 Å². The van der Waals surface area contributed by atoms with Gasteiger partial charge >= 0.3 is 0 Å². The van der Waals surface area contributed by atoms with E-state index >= 15 is 0 Å². The zero-order chi connectivity index (χ0) is 15.8. The second-order valence-corrected chi connectivity index (χ2v) is 4.78. The molecule has 0 spiro atoms. The molecule has 21 heavy (non-hydrogen) atoms. The van der Waals surface area contributed by atoms with Gasteiger partial charge in [-0.1, -0.05) is 13.3 Å². The van der Waals surface area contributed by atoms with E-state index in [4.69, 9.17) is 18.9 Å². The van der Waals surface area contributed by atoms with Crippen molar-refractivity contribution in [2.45, 2.75) is 51.9 Å². The molecular weight excluding hydrogens is 276 g/mol. The van der Waals surface area contributed by atoms with E-state index < -0.39 is 12.4 Å². The number of hydrogen-bond acceptors (Lipinski definition) is 6.